The number of hydrogen-bond donors (Lipinski definition) is 2. The Balaban J connectivity index is 2.56. The van der Waals surface area contributed by atoms with E-state index in [2.05, 4.69) is 29.2 Å². The maximum Gasteiger partial charge on any atom is 0.411 e. The number of anilines is 2. The first kappa shape index (κ1) is 14.4. The van der Waals surface area contributed by atoms with Gasteiger partial charge in [-0.1, -0.05) is 25.8 Å². The van der Waals surface area contributed by atoms with Crippen LogP contribution in [0.1, 0.15) is 33.1 Å². The summed E-state index contributed by atoms with van der Waals surface area (Å²) in [6.07, 6.45) is 3.11. The Morgan fingerprint density at radius 1 is 1.39 bits per heavy atom. The predicted octanol–water partition coefficient (Wildman–Crippen LogP) is 3.86. The molecule has 1 amide bonds. The van der Waals surface area contributed by atoms with Crippen molar-refractivity contribution in [3.8, 4) is 0 Å². The Kier molecular flexibility index (Phi) is 6.05. The van der Waals surface area contributed by atoms with E-state index in [1.165, 1.54) is 20.0 Å². The molecule has 1 aromatic rings. The second-order valence-corrected chi connectivity index (χ2v) is 4.38. The van der Waals surface area contributed by atoms with Crippen LogP contribution >= 0.6 is 0 Å². The maximum atomic E-state index is 11.1. The van der Waals surface area contributed by atoms with E-state index < -0.39 is 6.09 Å². The van der Waals surface area contributed by atoms with Crippen molar-refractivity contribution in [1.29, 1.82) is 0 Å². The number of amides is 1. The van der Waals surface area contributed by atoms with Gasteiger partial charge >= 0.3 is 6.09 Å². The summed E-state index contributed by atoms with van der Waals surface area (Å²) in [5, 5.41) is 6.06. The second kappa shape index (κ2) is 7.58. The van der Waals surface area contributed by atoms with Crippen molar-refractivity contribution in [1.82, 2.24) is 0 Å². The van der Waals surface area contributed by atoms with E-state index in [0.717, 1.165) is 17.8 Å². The van der Waals surface area contributed by atoms with E-state index >= 15 is 0 Å². The molecule has 2 N–H and O–H groups in total. The zero-order valence-electron chi connectivity index (χ0n) is 11.3. The van der Waals surface area contributed by atoms with Gasteiger partial charge in [0.1, 0.15) is 0 Å². The monoisotopic (exact) mass is 250 g/mol. The summed E-state index contributed by atoms with van der Waals surface area (Å²) in [4.78, 5) is 11.1. The topological polar surface area (TPSA) is 50.4 Å². The zero-order valence-corrected chi connectivity index (χ0v) is 11.3. The van der Waals surface area contributed by atoms with Crippen molar-refractivity contribution in [2.75, 3.05) is 17.7 Å². The number of nitrogens with one attached hydrogen (secondary N) is 2. The number of benzene rings is 1. The van der Waals surface area contributed by atoms with Crippen molar-refractivity contribution in [3.63, 3.8) is 0 Å². The van der Waals surface area contributed by atoms with Gasteiger partial charge in [0.15, 0.2) is 0 Å². The maximum absolute atomic E-state index is 11.1. The molecule has 0 aromatic heterocycles. The molecule has 0 spiro atoms. The lowest BCUT2D eigenvalue weighted by Crippen LogP contribution is -2.15. The van der Waals surface area contributed by atoms with Crippen LogP contribution in [-0.4, -0.2) is 19.2 Å². The lowest BCUT2D eigenvalue weighted by atomic mass is 10.1. The van der Waals surface area contributed by atoms with Crippen LogP contribution < -0.4 is 10.6 Å². The first-order valence-electron chi connectivity index (χ1n) is 6.37. The molecule has 0 radical (unpaired) electrons. The Morgan fingerprint density at radius 3 is 2.78 bits per heavy atom. The minimum atomic E-state index is -0.453. The third-order valence-electron chi connectivity index (χ3n) is 2.70. The standard InChI is InChI=1S/C14H22N2O2/c1-4-5-7-11(2)15-12-8-6-9-13(10-12)16-14(17)18-3/h6,8-11,15H,4-5,7H2,1-3H3,(H,16,17). The lowest BCUT2D eigenvalue weighted by Gasteiger charge is -2.15. The summed E-state index contributed by atoms with van der Waals surface area (Å²) in [7, 11) is 1.35. The third-order valence-corrected chi connectivity index (χ3v) is 2.70. The molecule has 0 saturated heterocycles. The molecule has 1 unspecified atom stereocenters. The number of carbonyl (C=O) groups is 1. The van der Waals surface area contributed by atoms with Gasteiger partial charge in [0.25, 0.3) is 0 Å². The van der Waals surface area contributed by atoms with E-state index in [0.29, 0.717) is 6.04 Å². The Hall–Kier alpha value is -1.71. The molecule has 0 aliphatic rings. The molecule has 1 rings (SSSR count). The molecule has 18 heavy (non-hydrogen) atoms. The highest BCUT2D eigenvalue weighted by Crippen LogP contribution is 2.17. The van der Waals surface area contributed by atoms with Crippen LogP contribution in [0.5, 0.6) is 0 Å². The molecule has 0 bridgehead atoms. The summed E-state index contributed by atoms with van der Waals surface area (Å²) in [6.45, 7) is 4.35. The average molecular weight is 250 g/mol. The van der Waals surface area contributed by atoms with Gasteiger partial charge in [0.05, 0.1) is 7.11 Å². The molecule has 0 heterocycles. The van der Waals surface area contributed by atoms with E-state index in [1.807, 2.05) is 24.3 Å². The fourth-order valence-corrected chi connectivity index (χ4v) is 1.72. The number of rotatable bonds is 6. The van der Waals surface area contributed by atoms with Crippen LogP contribution in [0.4, 0.5) is 16.2 Å². The van der Waals surface area contributed by atoms with Crippen LogP contribution in [0, 0.1) is 0 Å². The van der Waals surface area contributed by atoms with Gasteiger partial charge in [0, 0.05) is 17.4 Å². The van der Waals surface area contributed by atoms with Crippen LogP contribution in [0.15, 0.2) is 24.3 Å². The predicted molar refractivity (Wildman–Crippen MR) is 75.1 cm³/mol. The van der Waals surface area contributed by atoms with Gasteiger partial charge < -0.3 is 10.1 Å². The Labute approximate surface area is 109 Å². The number of hydrogen-bond acceptors (Lipinski definition) is 3. The van der Waals surface area contributed by atoms with Crippen molar-refractivity contribution in [2.24, 2.45) is 0 Å². The highest BCUT2D eigenvalue weighted by atomic mass is 16.5. The molecule has 100 valence electrons. The van der Waals surface area contributed by atoms with Crippen LogP contribution in [0.3, 0.4) is 0 Å². The SMILES string of the molecule is CCCCC(C)Nc1cccc(NC(=O)OC)c1. The average Bonchev–Trinajstić information content (AvgIpc) is 2.36. The van der Waals surface area contributed by atoms with Gasteiger partial charge in [-0.2, -0.15) is 0 Å². The van der Waals surface area contributed by atoms with E-state index in [4.69, 9.17) is 0 Å². The number of unbranched alkanes of at least 4 members (excludes halogenated alkanes) is 1. The van der Waals surface area contributed by atoms with Crippen molar-refractivity contribution in [2.45, 2.75) is 39.2 Å². The second-order valence-electron chi connectivity index (χ2n) is 4.38. The van der Waals surface area contributed by atoms with Crippen LogP contribution in [0.25, 0.3) is 0 Å². The minimum Gasteiger partial charge on any atom is -0.453 e. The summed E-state index contributed by atoms with van der Waals surface area (Å²) >= 11 is 0. The molecular weight excluding hydrogens is 228 g/mol. The quantitative estimate of drug-likeness (QED) is 0.806. The van der Waals surface area contributed by atoms with E-state index in [1.54, 1.807) is 0 Å². The Bertz CT molecular complexity index is 380. The van der Waals surface area contributed by atoms with Crippen molar-refractivity contribution >= 4 is 17.5 Å². The summed E-state index contributed by atoms with van der Waals surface area (Å²) in [6, 6.07) is 8.06. The molecule has 0 saturated carbocycles. The minimum absolute atomic E-state index is 0.429. The number of carbonyl (C=O) groups excluding carboxylic acids is 1. The number of ether oxygens (including phenoxy) is 1. The summed E-state index contributed by atoms with van der Waals surface area (Å²) in [5.74, 6) is 0. The Morgan fingerprint density at radius 2 is 2.11 bits per heavy atom. The fourth-order valence-electron chi connectivity index (χ4n) is 1.72. The number of methoxy groups -OCH3 is 1. The normalized spacial score (nSPS) is 11.7. The first-order valence-corrected chi connectivity index (χ1v) is 6.37. The fraction of sp³-hybridized carbons (Fsp3) is 0.500. The highest BCUT2D eigenvalue weighted by Gasteiger charge is 2.04. The first-order chi connectivity index (χ1) is 8.65. The molecule has 1 aromatic carbocycles. The molecule has 0 aliphatic carbocycles. The third kappa shape index (κ3) is 5.08. The van der Waals surface area contributed by atoms with Crippen LogP contribution in [0.2, 0.25) is 0 Å². The van der Waals surface area contributed by atoms with Gasteiger partial charge in [0.2, 0.25) is 0 Å². The lowest BCUT2D eigenvalue weighted by molar-refractivity contribution is 0.187. The van der Waals surface area contributed by atoms with E-state index in [9.17, 15) is 4.79 Å². The van der Waals surface area contributed by atoms with Crippen molar-refractivity contribution < 1.29 is 9.53 Å². The smallest absolute Gasteiger partial charge is 0.411 e. The molecule has 4 nitrogen and oxygen atoms in total. The van der Waals surface area contributed by atoms with E-state index in [-0.39, 0.29) is 0 Å². The molecule has 1 atom stereocenters. The molecular formula is C14H22N2O2. The van der Waals surface area contributed by atoms with Gasteiger partial charge in [-0.3, -0.25) is 5.32 Å². The van der Waals surface area contributed by atoms with Gasteiger partial charge in [-0.25, -0.2) is 4.79 Å². The molecule has 0 aliphatic heterocycles. The largest absolute Gasteiger partial charge is 0.453 e. The van der Waals surface area contributed by atoms with Gasteiger partial charge in [-0.05, 0) is 31.5 Å². The van der Waals surface area contributed by atoms with Gasteiger partial charge in [-0.15, -0.1) is 0 Å². The summed E-state index contributed by atoms with van der Waals surface area (Å²) in [5.41, 5.74) is 1.74. The van der Waals surface area contributed by atoms with Crippen LogP contribution in [-0.2, 0) is 4.74 Å². The molecule has 0 fully saturated rings. The van der Waals surface area contributed by atoms with Crippen molar-refractivity contribution in [3.05, 3.63) is 24.3 Å². The molecule has 4 heteroatoms. The zero-order chi connectivity index (χ0) is 13.4. The summed E-state index contributed by atoms with van der Waals surface area (Å²) < 4.78 is 4.56. The highest BCUT2D eigenvalue weighted by molar-refractivity contribution is 5.85.